The van der Waals surface area contributed by atoms with Crippen LogP contribution in [0.4, 0.5) is 0 Å². The minimum absolute atomic E-state index is 0.106. The van der Waals surface area contributed by atoms with E-state index in [2.05, 4.69) is 32.9 Å². The van der Waals surface area contributed by atoms with Gasteiger partial charge in [0.1, 0.15) is 0 Å². The molecule has 0 saturated carbocycles. The predicted molar refractivity (Wildman–Crippen MR) is 62.7 cm³/mol. The molecular formula is C13H22O2. The van der Waals surface area contributed by atoms with Gasteiger partial charge < -0.3 is 9.47 Å². The molecule has 0 N–H and O–H groups in total. The summed E-state index contributed by atoms with van der Waals surface area (Å²) in [4.78, 5) is 0. The van der Waals surface area contributed by atoms with Crippen molar-refractivity contribution in [1.29, 1.82) is 0 Å². The van der Waals surface area contributed by atoms with E-state index >= 15 is 0 Å². The van der Waals surface area contributed by atoms with Crippen LogP contribution in [0.1, 0.15) is 40.0 Å². The van der Waals surface area contributed by atoms with Gasteiger partial charge in [0, 0.05) is 0 Å². The molecular weight excluding hydrogens is 188 g/mol. The van der Waals surface area contributed by atoms with E-state index in [4.69, 9.17) is 9.47 Å². The first-order chi connectivity index (χ1) is 7.18. The van der Waals surface area contributed by atoms with E-state index in [1.54, 1.807) is 0 Å². The summed E-state index contributed by atoms with van der Waals surface area (Å²) in [6.07, 6.45) is 7.47. The third kappa shape index (κ3) is 5.75. The molecule has 1 fully saturated rings. The Morgan fingerprint density at radius 2 is 1.87 bits per heavy atom. The fraction of sp³-hybridized carbons (Fsp3) is 0.692. The Bertz CT molecular complexity index is 231. The summed E-state index contributed by atoms with van der Waals surface area (Å²) < 4.78 is 10.9. The lowest BCUT2D eigenvalue weighted by atomic mass is 10.1. The Kier molecular flexibility index (Phi) is 5.66. The molecule has 0 amide bonds. The van der Waals surface area contributed by atoms with Crippen LogP contribution in [-0.4, -0.2) is 19.5 Å². The maximum Gasteiger partial charge on any atom is 0.177 e. The van der Waals surface area contributed by atoms with Gasteiger partial charge in [0.15, 0.2) is 6.29 Å². The molecule has 0 radical (unpaired) electrons. The zero-order valence-electron chi connectivity index (χ0n) is 10.1. The van der Waals surface area contributed by atoms with Crippen LogP contribution in [0.15, 0.2) is 23.3 Å². The molecule has 1 aliphatic heterocycles. The Hall–Kier alpha value is -0.600. The highest BCUT2D eigenvalue weighted by Gasteiger charge is 2.10. The van der Waals surface area contributed by atoms with Crippen LogP contribution >= 0.6 is 0 Å². The molecule has 2 heteroatoms. The lowest BCUT2D eigenvalue weighted by molar-refractivity contribution is -0.150. The van der Waals surface area contributed by atoms with Crippen molar-refractivity contribution in [1.82, 2.24) is 0 Å². The van der Waals surface area contributed by atoms with E-state index < -0.39 is 0 Å². The van der Waals surface area contributed by atoms with Crippen molar-refractivity contribution >= 4 is 0 Å². The fourth-order valence-corrected chi connectivity index (χ4v) is 1.51. The Morgan fingerprint density at radius 1 is 1.20 bits per heavy atom. The highest BCUT2D eigenvalue weighted by molar-refractivity contribution is 5.03. The summed E-state index contributed by atoms with van der Waals surface area (Å²) in [5.41, 5.74) is 2.73. The summed E-state index contributed by atoms with van der Waals surface area (Å²) in [5, 5.41) is 0. The standard InChI is InChI=1S/C13H22O2/c1-11(2)6-4-7-12(3)10-13-14-8-5-9-15-13/h6,10,13H,4-5,7-9H2,1-3H3/b12-10-. The highest BCUT2D eigenvalue weighted by Crippen LogP contribution is 2.12. The average molecular weight is 210 g/mol. The maximum absolute atomic E-state index is 5.46. The zero-order valence-corrected chi connectivity index (χ0v) is 10.1. The minimum Gasteiger partial charge on any atom is -0.349 e. The van der Waals surface area contributed by atoms with Gasteiger partial charge in [0.2, 0.25) is 0 Å². The molecule has 15 heavy (non-hydrogen) atoms. The molecule has 0 aliphatic carbocycles. The maximum atomic E-state index is 5.46. The van der Waals surface area contributed by atoms with E-state index in [1.807, 2.05) is 0 Å². The van der Waals surface area contributed by atoms with Crippen LogP contribution in [0.2, 0.25) is 0 Å². The molecule has 1 heterocycles. The van der Waals surface area contributed by atoms with Crippen molar-refractivity contribution in [2.45, 2.75) is 46.3 Å². The van der Waals surface area contributed by atoms with Crippen LogP contribution in [0.5, 0.6) is 0 Å². The number of ether oxygens (including phenoxy) is 2. The van der Waals surface area contributed by atoms with E-state index in [1.165, 1.54) is 11.1 Å². The van der Waals surface area contributed by atoms with Crippen LogP contribution in [0, 0.1) is 0 Å². The topological polar surface area (TPSA) is 18.5 Å². The summed E-state index contributed by atoms with van der Waals surface area (Å²) in [5.74, 6) is 0. The first-order valence-corrected chi connectivity index (χ1v) is 5.72. The number of hydrogen-bond acceptors (Lipinski definition) is 2. The van der Waals surface area contributed by atoms with E-state index in [0.717, 1.165) is 32.5 Å². The molecule has 86 valence electrons. The molecule has 1 rings (SSSR count). The van der Waals surface area contributed by atoms with Gasteiger partial charge in [-0.25, -0.2) is 0 Å². The van der Waals surface area contributed by atoms with Crippen molar-refractivity contribution in [3.63, 3.8) is 0 Å². The quantitative estimate of drug-likeness (QED) is 0.662. The second-order valence-corrected chi connectivity index (χ2v) is 4.30. The van der Waals surface area contributed by atoms with E-state index in [0.29, 0.717) is 0 Å². The highest BCUT2D eigenvalue weighted by atomic mass is 16.7. The summed E-state index contributed by atoms with van der Waals surface area (Å²) >= 11 is 0. The van der Waals surface area contributed by atoms with E-state index in [9.17, 15) is 0 Å². The predicted octanol–water partition coefficient (Wildman–Crippen LogP) is 3.44. The van der Waals surface area contributed by atoms with Gasteiger partial charge in [-0.3, -0.25) is 0 Å². The minimum atomic E-state index is -0.106. The van der Waals surface area contributed by atoms with Crippen molar-refractivity contribution < 1.29 is 9.47 Å². The zero-order chi connectivity index (χ0) is 11.1. The van der Waals surface area contributed by atoms with Crippen molar-refractivity contribution in [3.8, 4) is 0 Å². The number of hydrogen-bond donors (Lipinski definition) is 0. The lowest BCUT2D eigenvalue weighted by Gasteiger charge is -2.21. The normalized spacial score (nSPS) is 19.0. The lowest BCUT2D eigenvalue weighted by Crippen LogP contribution is -2.22. The van der Waals surface area contributed by atoms with Crippen LogP contribution in [0.3, 0.4) is 0 Å². The third-order valence-corrected chi connectivity index (χ3v) is 2.36. The van der Waals surface area contributed by atoms with Crippen LogP contribution in [0.25, 0.3) is 0 Å². The van der Waals surface area contributed by atoms with Crippen LogP contribution in [-0.2, 0) is 9.47 Å². The Labute approximate surface area is 93.0 Å². The third-order valence-electron chi connectivity index (χ3n) is 2.36. The second-order valence-electron chi connectivity index (χ2n) is 4.30. The summed E-state index contributed by atoms with van der Waals surface area (Å²) in [7, 11) is 0. The van der Waals surface area contributed by atoms with Crippen molar-refractivity contribution in [3.05, 3.63) is 23.3 Å². The molecule has 0 bridgehead atoms. The summed E-state index contributed by atoms with van der Waals surface area (Å²) in [6.45, 7) is 8.05. The molecule has 1 saturated heterocycles. The van der Waals surface area contributed by atoms with Gasteiger partial charge in [-0.15, -0.1) is 0 Å². The smallest absolute Gasteiger partial charge is 0.177 e. The van der Waals surface area contributed by atoms with Crippen LogP contribution < -0.4 is 0 Å². The van der Waals surface area contributed by atoms with Crippen molar-refractivity contribution in [2.75, 3.05) is 13.2 Å². The molecule has 0 aromatic heterocycles. The largest absolute Gasteiger partial charge is 0.349 e. The molecule has 2 nitrogen and oxygen atoms in total. The van der Waals surface area contributed by atoms with Gasteiger partial charge in [-0.1, -0.05) is 17.2 Å². The molecule has 0 unspecified atom stereocenters. The van der Waals surface area contributed by atoms with Gasteiger partial charge in [-0.05, 0) is 46.1 Å². The Morgan fingerprint density at radius 3 is 2.47 bits per heavy atom. The second kappa shape index (κ2) is 6.81. The Balaban J connectivity index is 2.28. The fourth-order valence-electron chi connectivity index (χ4n) is 1.51. The molecule has 0 spiro atoms. The average Bonchev–Trinajstić information content (AvgIpc) is 2.18. The monoisotopic (exact) mass is 210 g/mol. The van der Waals surface area contributed by atoms with Gasteiger partial charge in [-0.2, -0.15) is 0 Å². The summed E-state index contributed by atoms with van der Waals surface area (Å²) in [6, 6.07) is 0. The SMILES string of the molecule is CC(C)=CCC/C(C)=C\C1OCCCO1. The first-order valence-electron chi connectivity index (χ1n) is 5.72. The van der Waals surface area contributed by atoms with Crippen molar-refractivity contribution in [2.24, 2.45) is 0 Å². The van der Waals surface area contributed by atoms with Gasteiger partial charge >= 0.3 is 0 Å². The molecule has 0 atom stereocenters. The molecule has 0 aromatic carbocycles. The number of allylic oxidation sites excluding steroid dienone is 3. The number of rotatable bonds is 4. The first kappa shape index (κ1) is 12.5. The molecule has 1 aliphatic rings. The van der Waals surface area contributed by atoms with Gasteiger partial charge in [0.25, 0.3) is 0 Å². The molecule has 0 aromatic rings. The van der Waals surface area contributed by atoms with E-state index in [-0.39, 0.29) is 6.29 Å². The van der Waals surface area contributed by atoms with Gasteiger partial charge in [0.05, 0.1) is 13.2 Å².